The van der Waals surface area contributed by atoms with Crippen molar-refractivity contribution in [3.8, 4) is 0 Å². The fourth-order valence-corrected chi connectivity index (χ4v) is 2.56. The Balaban J connectivity index is 4.90. The van der Waals surface area contributed by atoms with E-state index in [0.29, 0.717) is 0 Å². The lowest BCUT2D eigenvalue weighted by Gasteiger charge is -2.07. The Labute approximate surface area is 79.4 Å². The minimum atomic E-state index is -4.94. The third-order valence-corrected chi connectivity index (χ3v) is 3.96. The molecule has 78 valence electrons. The van der Waals surface area contributed by atoms with E-state index in [-0.39, 0.29) is 12.4 Å². The summed E-state index contributed by atoms with van der Waals surface area (Å²) in [7, 11) is -9.69. The van der Waals surface area contributed by atoms with Crippen molar-refractivity contribution in [3.63, 3.8) is 0 Å². The molecule has 0 aromatic carbocycles. The van der Waals surface area contributed by atoms with Crippen LogP contribution in [0.5, 0.6) is 0 Å². The summed E-state index contributed by atoms with van der Waals surface area (Å²) in [5.74, 6) is -0.0521. The van der Waals surface area contributed by atoms with Crippen LogP contribution in [0, 0.1) is 0 Å². The van der Waals surface area contributed by atoms with Crippen molar-refractivity contribution in [2.24, 2.45) is 4.99 Å². The van der Waals surface area contributed by atoms with Crippen molar-refractivity contribution >= 4 is 32.3 Å². The van der Waals surface area contributed by atoms with Crippen molar-refractivity contribution in [1.29, 1.82) is 0 Å². The second kappa shape index (κ2) is 4.77. The smallest absolute Gasteiger partial charge is 0.317 e. The molecule has 10 heteroatoms. The maximum absolute atomic E-state index is 10.6. The van der Waals surface area contributed by atoms with Crippen LogP contribution < -0.4 is 0 Å². The van der Waals surface area contributed by atoms with E-state index in [4.69, 9.17) is 36.1 Å². The fraction of sp³-hybridized carbons (Fsp3) is 0.667. The standard InChI is InChI=1S/C3H8ClNO6P2/c4-1-2-5-3(12(6,7)8)13(9,10)11/h6-8H,1-2H2,(H-,9,10,11)/p+1. The lowest BCUT2D eigenvalue weighted by Crippen LogP contribution is -2.07. The molecule has 0 saturated carbocycles. The molecule has 0 amide bonds. The van der Waals surface area contributed by atoms with E-state index in [1.54, 1.807) is 0 Å². The van der Waals surface area contributed by atoms with Gasteiger partial charge in [0.25, 0.3) is 0 Å². The van der Waals surface area contributed by atoms with Gasteiger partial charge in [-0.15, -0.1) is 11.6 Å². The van der Waals surface area contributed by atoms with Crippen molar-refractivity contribution in [2.75, 3.05) is 12.4 Å². The maximum Gasteiger partial charge on any atom is 0.469 e. The van der Waals surface area contributed by atoms with Crippen molar-refractivity contribution < 1.29 is 29.0 Å². The van der Waals surface area contributed by atoms with Crippen LogP contribution >= 0.6 is 27.1 Å². The van der Waals surface area contributed by atoms with E-state index in [9.17, 15) is 4.57 Å². The number of hydrogen-bond acceptors (Lipinski definition) is 5. The molecule has 0 aliphatic carbocycles. The van der Waals surface area contributed by atoms with Gasteiger partial charge >= 0.3 is 20.7 Å². The zero-order chi connectivity index (χ0) is 10.7. The lowest BCUT2D eigenvalue weighted by atomic mass is 10.8. The second-order valence-corrected chi connectivity index (χ2v) is 5.79. The van der Waals surface area contributed by atoms with Gasteiger partial charge in [-0.1, -0.05) is 0 Å². The minimum absolute atomic E-state index is 0.0521. The zero-order valence-corrected chi connectivity index (χ0v) is 8.82. The summed E-state index contributed by atoms with van der Waals surface area (Å²) in [5, 5.41) is -1.30. The predicted octanol–water partition coefficient (Wildman–Crippen LogP) is -0.502. The molecule has 0 unspecified atom stereocenters. The first-order valence-electron chi connectivity index (χ1n) is 2.94. The van der Waals surface area contributed by atoms with E-state index in [2.05, 4.69) is 4.99 Å². The first-order valence-corrected chi connectivity index (χ1v) is 6.73. The zero-order valence-electron chi connectivity index (χ0n) is 6.28. The summed E-state index contributed by atoms with van der Waals surface area (Å²) in [4.78, 5) is 45.9. The number of rotatable bonds is 4. The van der Waals surface area contributed by atoms with Gasteiger partial charge in [0.2, 0.25) is 0 Å². The largest absolute Gasteiger partial charge is 0.469 e. The summed E-state index contributed by atoms with van der Waals surface area (Å²) in [6.45, 7) is -0.217. The van der Waals surface area contributed by atoms with E-state index in [1.165, 1.54) is 0 Å². The molecule has 0 spiro atoms. The van der Waals surface area contributed by atoms with Crippen molar-refractivity contribution in [2.45, 2.75) is 0 Å². The molecule has 0 aromatic rings. The van der Waals surface area contributed by atoms with Crippen LogP contribution in [0.3, 0.4) is 0 Å². The molecule has 0 aliphatic rings. The average Bonchev–Trinajstić information content (AvgIpc) is 1.81. The van der Waals surface area contributed by atoms with Gasteiger partial charge in [0, 0.05) is 5.88 Å². The summed E-state index contributed by atoms with van der Waals surface area (Å²) in [5.41, 5.74) is 0. The van der Waals surface area contributed by atoms with Crippen molar-refractivity contribution in [1.82, 2.24) is 0 Å². The van der Waals surface area contributed by atoms with Crippen molar-refractivity contribution in [3.05, 3.63) is 0 Å². The molecule has 0 bridgehead atoms. The van der Waals surface area contributed by atoms with Gasteiger partial charge in [-0.05, 0) is 0 Å². The Morgan fingerprint density at radius 1 is 1.38 bits per heavy atom. The molecule has 7 nitrogen and oxygen atoms in total. The molecule has 0 atom stereocenters. The Morgan fingerprint density at radius 2 is 1.85 bits per heavy atom. The fourth-order valence-electron chi connectivity index (χ4n) is 0.504. The topological polar surface area (TPSA) is 131 Å². The highest BCUT2D eigenvalue weighted by atomic mass is 35.5. The molecule has 5 N–H and O–H groups in total. The summed E-state index contributed by atoms with van der Waals surface area (Å²) >= 11 is 5.15. The molecular formula is C3H9ClNO6P2+. The average molecular weight is 253 g/mol. The normalized spacial score (nSPS) is 14.8. The highest BCUT2D eigenvalue weighted by molar-refractivity contribution is 8.00. The van der Waals surface area contributed by atoms with Gasteiger partial charge in [-0.25, -0.2) is 9.56 Å². The molecule has 0 heterocycles. The van der Waals surface area contributed by atoms with Crippen LogP contribution in [0.25, 0.3) is 0 Å². The minimum Gasteiger partial charge on any atom is -0.317 e. The van der Waals surface area contributed by atoms with E-state index >= 15 is 0 Å². The highest BCUT2D eigenvalue weighted by Gasteiger charge is 2.51. The molecule has 0 rings (SSSR count). The first kappa shape index (κ1) is 13.4. The lowest BCUT2D eigenvalue weighted by molar-refractivity contribution is 0.348. The molecule has 0 fully saturated rings. The van der Waals surface area contributed by atoms with Crippen LogP contribution in [0.15, 0.2) is 4.99 Å². The second-order valence-electron chi connectivity index (χ2n) is 1.98. The third-order valence-electron chi connectivity index (χ3n) is 0.867. The van der Waals surface area contributed by atoms with Gasteiger partial charge in [-0.2, -0.15) is 14.7 Å². The molecule has 0 radical (unpaired) electrons. The molecule has 13 heavy (non-hydrogen) atoms. The van der Waals surface area contributed by atoms with E-state index in [0.717, 1.165) is 0 Å². The van der Waals surface area contributed by atoms with Crippen LogP contribution in [0.1, 0.15) is 0 Å². The van der Waals surface area contributed by atoms with Crippen LogP contribution in [-0.2, 0) is 4.57 Å². The first-order chi connectivity index (χ1) is 5.69. The monoisotopic (exact) mass is 252 g/mol. The number of alkyl halides is 1. The Morgan fingerprint density at radius 3 is 2.08 bits per heavy atom. The quantitative estimate of drug-likeness (QED) is 0.260. The van der Waals surface area contributed by atoms with E-state index in [1.807, 2.05) is 0 Å². The van der Waals surface area contributed by atoms with Gasteiger partial charge in [-0.3, -0.25) is 0 Å². The van der Waals surface area contributed by atoms with Crippen LogP contribution in [0.4, 0.5) is 0 Å². The van der Waals surface area contributed by atoms with Gasteiger partial charge in [0.05, 0.1) is 6.54 Å². The van der Waals surface area contributed by atoms with Gasteiger partial charge in [0.15, 0.2) is 0 Å². The summed E-state index contributed by atoms with van der Waals surface area (Å²) < 4.78 is 10.6. The Bertz CT molecular complexity index is 243. The van der Waals surface area contributed by atoms with Crippen LogP contribution in [-0.4, -0.2) is 42.1 Å². The summed E-state index contributed by atoms with van der Waals surface area (Å²) in [6.07, 6.45) is 0. The highest BCUT2D eigenvalue weighted by Crippen LogP contribution is 2.60. The third kappa shape index (κ3) is 5.00. The maximum atomic E-state index is 10.6. The Hall–Kier alpha value is 0.420. The molecule has 0 saturated heterocycles. The number of nitrogens with zero attached hydrogens (tertiary/aromatic N) is 1. The number of aliphatic imine (C=N–C) groups is 1. The Kier molecular flexibility index (Phi) is 4.93. The van der Waals surface area contributed by atoms with Crippen LogP contribution in [0.2, 0.25) is 0 Å². The number of halogens is 1. The van der Waals surface area contributed by atoms with Gasteiger partial charge in [0.1, 0.15) is 0 Å². The SMILES string of the molecule is O=P(O)(O)C(=NCCCl)[P+](O)(O)O. The number of hydrogen-bond donors (Lipinski definition) is 5. The summed E-state index contributed by atoms with van der Waals surface area (Å²) in [6, 6.07) is 0. The molecular weight excluding hydrogens is 243 g/mol. The molecule has 0 aliphatic heterocycles. The predicted molar refractivity (Wildman–Crippen MR) is 48.6 cm³/mol. The van der Waals surface area contributed by atoms with Gasteiger partial charge < -0.3 is 9.79 Å². The van der Waals surface area contributed by atoms with E-state index < -0.39 is 20.7 Å². The molecule has 0 aromatic heterocycles.